The van der Waals surface area contributed by atoms with Crippen molar-refractivity contribution >= 4 is 11.6 Å². The molecule has 0 fully saturated rings. The van der Waals surface area contributed by atoms with Gasteiger partial charge in [0.15, 0.2) is 5.56 Å². The molecule has 0 spiro atoms. The lowest BCUT2D eigenvalue weighted by Crippen LogP contribution is -2.34. The normalized spacial score (nSPS) is 10.5. The Hall–Kier alpha value is -3.69. The van der Waals surface area contributed by atoms with E-state index in [1.54, 1.807) is 30.5 Å². The van der Waals surface area contributed by atoms with Crippen LogP contribution in [0.4, 0.5) is 5.69 Å². The van der Waals surface area contributed by atoms with Crippen LogP contribution in [-0.2, 0) is 7.05 Å². The van der Waals surface area contributed by atoms with Gasteiger partial charge < -0.3 is 10.4 Å². The van der Waals surface area contributed by atoms with Crippen molar-refractivity contribution in [3.63, 3.8) is 0 Å². The first-order chi connectivity index (χ1) is 11.5. The summed E-state index contributed by atoms with van der Waals surface area (Å²) in [6, 6.07) is 6.63. The molecule has 4 N–H and O–H groups in total. The van der Waals surface area contributed by atoms with Crippen LogP contribution < -0.4 is 16.6 Å². The lowest BCUT2D eigenvalue weighted by Gasteiger charge is -2.08. The Morgan fingerprint density at radius 2 is 1.96 bits per heavy atom. The Labute approximate surface area is 133 Å². The number of aromatic amines is 2. The van der Waals surface area contributed by atoms with Crippen LogP contribution in [0.15, 0.2) is 40.1 Å². The summed E-state index contributed by atoms with van der Waals surface area (Å²) in [6.07, 6.45) is 1.55. The molecule has 0 radical (unpaired) electrons. The molecular weight excluding hydrogens is 316 g/mol. The summed E-state index contributed by atoms with van der Waals surface area (Å²) in [5.74, 6) is -1.54. The number of anilines is 1. The van der Waals surface area contributed by atoms with Gasteiger partial charge in [0.05, 0.1) is 6.20 Å². The highest BCUT2D eigenvalue weighted by atomic mass is 16.3. The van der Waals surface area contributed by atoms with Crippen molar-refractivity contribution in [3.05, 3.63) is 56.9 Å². The maximum atomic E-state index is 12.2. The fourth-order valence-corrected chi connectivity index (χ4v) is 2.07. The van der Waals surface area contributed by atoms with E-state index in [2.05, 4.69) is 20.7 Å². The van der Waals surface area contributed by atoms with Gasteiger partial charge in [-0.2, -0.15) is 15.4 Å². The second kappa shape index (κ2) is 5.83. The van der Waals surface area contributed by atoms with Crippen molar-refractivity contribution in [2.45, 2.75) is 0 Å². The Bertz CT molecular complexity index is 1000. The van der Waals surface area contributed by atoms with Crippen LogP contribution >= 0.6 is 0 Å². The van der Waals surface area contributed by atoms with Crippen LogP contribution in [0.1, 0.15) is 10.4 Å². The number of hydrogen-bond donors (Lipinski definition) is 4. The van der Waals surface area contributed by atoms with E-state index in [1.165, 1.54) is 7.05 Å². The number of hydrogen-bond acceptors (Lipinski definition) is 6. The molecule has 2 aromatic heterocycles. The number of aromatic nitrogens is 5. The summed E-state index contributed by atoms with van der Waals surface area (Å²) in [7, 11) is 1.23. The summed E-state index contributed by atoms with van der Waals surface area (Å²) >= 11 is 0. The zero-order valence-corrected chi connectivity index (χ0v) is 12.4. The van der Waals surface area contributed by atoms with Crippen LogP contribution in [0.2, 0.25) is 0 Å². The van der Waals surface area contributed by atoms with Crippen LogP contribution in [-0.4, -0.2) is 36.0 Å². The summed E-state index contributed by atoms with van der Waals surface area (Å²) in [5.41, 5.74) is -0.500. The maximum Gasteiger partial charge on any atom is 0.330 e. The minimum Gasteiger partial charge on any atom is -0.494 e. The monoisotopic (exact) mass is 328 g/mol. The van der Waals surface area contributed by atoms with E-state index in [1.807, 2.05) is 4.98 Å². The summed E-state index contributed by atoms with van der Waals surface area (Å²) in [4.78, 5) is 37.2. The lowest BCUT2D eigenvalue weighted by atomic mass is 10.1. The van der Waals surface area contributed by atoms with Gasteiger partial charge in [-0.15, -0.1) is 0 Å². The van der Waals surface area contributed by atoms with Crippen LogP contribution in [0.25, 0.3) is 11.3 Å². The van der Waals surface area contributed by atoms with E-state index in [0.717, 1.165) is 10.1 Å². The number of carbonyl (C=O) groups is 1. The second-order valence-electron chi connectivity index (χ2n) is 4.90. The Morgan fingerprint density at radius 1 is 1.25 bits per heavy atom. The molecule has 0 saturated carbocycles. The van der Waals surface area contributed by atoms with E-state index >= 15 is 0 Å². The number of nitrogens with zero attached hydrogens (tertiary/aromatic N) is 3. The number of aromatic hydroxyl groups is 1. The zero-order valence-electron chi connectivity index (χ0n) is 12.4. The summed E-state index contributed by atoms with van der Waals surface area (Å²) in [6.45, 7) is 0. The SMILES string of the molecule is Cn1c(O)c(C(=O)Nc2ccc(-c3cn[nH]n3)cc2)c(=O)[nH]c1=O. The van der Waals surface area contributed by atoms with Gasteiger partial charge in [0.25, 0.3) is 11.5 Å². The molecule has 1 aromatic carbocycles. The van der Waals surface area contributed by atoms with Crippen LogP contribution in [0, 0.1) is 0 Å². The van der Waals surface area contributed by atoms with Crippen LogP contribution in [0.5, 0.6) is 5.88 Å². The number of rotatable bonds is 3. The first-order valence-corrected chi connectivity index (χ1v) is 6.77. The number of nitrogens with one attached hydrogen (secondary N) is 3. The quantitative estimate of drug-likeness (QED) is 0.524. The molecule has 0 aliphatic rings. The molecular formula is C14H12N6O4. The Balaban J connectivity index is 1.87. The average Bonchev–Trinajstić information content (AvgIpc) is 3.08. The molecule has 0 aliphatic heterocycles. The van der Waals surface area contributed by atoms with Gasteiger partial charge in [0.2, 0.25) is 5.88 Å². The second-order valence-corrected chi connectivity index (χ2v) is 4.90. The number of amides is 1. The Morgan fingerprint density at radius 3 is 2.58 bits per heavy atom. The van der Waals surface area contributed by atoms with E-state index in [0.29, 0.717) is 11.4 Å². The molecule has 10 heteroatoms. The van der Waals surface area contributed by atoms with Crippen molar-refractivity contribution < 1.29 is 9.90 Å². The van der Waals surface area contributed by atoms with Gasteiger partial charge in [-0.25, -0.2) is 4.79 Å². The van der Waals surface area contributed by atoms with Crippen molar-refractivity contribution in [1.82, 2.24) is 25.0 Å². The maximum absolute atomic E-state index is 12.2. The number of carbonyl (C=O) groups excluding carboxylic acids is 1. The van der Waals surface area contributed by atoms with E-state index in [4.69, 9.17) is 0 Å². The highest BCUT2D eigenvalue weighted by molar-refractivity contribution is 6.05. The number of H-pyrrole nitrogens is 2. The molecule has 3 rings (SSSR count). The minimum atomic E-state index is -0.965. The fraction of sp³-hybridized carbons (Fsp3) is 0.0714. The Kier molecular flexibility index (Phi) is 3.70. The predicted octanol–water partition coefficient (Wildman–Crippen LogP) is -0.183. The molecule has 2 heterocycles. The molecule has 1 amide bonds. The van der Waals surface area contributed by atoms with Crippen molar-refractivity contribution in [3.8, 4) is 17.1 Å². The molecule has 0 atom stereocenters. The molecule has 24 heavy (non-hydrogen) atoms. The highest BCUT2D eigenvalue weighted by Crippen LogP contribution is 2.19. The van der Waals surface area contributed by atoms with Gasteiger partial charge in [-0.1, -0.05) is 12.1 Å². The van der Waals surface area contributed by atoms with E-state index in [9.17, 15) is 19.5 Å². The molecule has 0 aliphatic carbocycles. The van der Waals surface area contributed by atoms with Crippen molar-refractivity contribution in [2.75, 3.05) is 5.32 Å². The van der Waals surface area contributed by atoms with Gasteiger partial charge in [-0.3, -0.25) is 19.1 Å². The topological polar surface area (TPSA) is 146 Å². The van der Waals surface area contributed by atoms with Crippen molar-refractivity contribution in [1.29, 1.82) is 0 Å². The standard InChI is InChI=1S/C14H12N6O4/c1-20-13(23)10(12(22)17-14(20)24)11(21)16-8-4-2-7(3-5-8)9-6-15-19-18-9/h2-6,23H,1H3,(H,16,21)(H,15,18,19)(H,17,22,24). The van der Waals surface area contributed by atoms with Crippen LogP contribution in [0.3, 0.4) is 0 Å². The third kappa shape index (κ3) is 2.67. The molecule has 10 nitrogen and oxygen atoms in total. The fourth-order valence-electron chi connectivity index (χ4n) is 2.07. The van der Waals surface area contributed by atoms with Gasteiger partial charge >= 0.3 is 5.69 Å². The van der Waals surface area contributed by atoms with Gasteiger partial charge in [0, 0.05) is 18.3 Å². The van der Waals surface area contributed by atoms with E-state index in [-0.39, 0.29) is 0 Å². The van der Waals surface area contributed by atoms with E-state index < -0.39 is 28.6 Å². The van der Waals surface area contributed by atoms with Gasteiger partial charge in [-0.05, 0) is 12.1 Å². The first-order valence-electron chi connectivity index (χ1n) is 6.77. The third-order valence-electron chi connectivity index (χ3n) is 3.37. The van der Waals surface area contributed by atoms with Gasteiger partial charge in [0.1, 0.15) is 5.69 Å². The first kappa shape index (κ1) is 15.2. The smallest absolute Gasteiger partial charge is 0.330 e. The molecule has 0 unspecified atom stereocenters. The largest absolute Gasteiger partial charge is 0.494 e. The number of benzene rings is 1. The predicted molar refractivity (Wildman–Crippen MR) is 83.7 cm³/mol. The lowest BCUT2D eigenvalue weighted by molar-refractivity contribution is 0.102. The third-order valence-corrected chi connectivity index (χ3v) is 3.37. The minimum absolute atomic E-state index is 0.403. The summed E-state index contributed by atoms with van der Waals surface area (Å²) in [5, 5.41) is 22.5. The summed E-state index contributed by atoms with van der Waals surface area (Å²) < 4.78 is 0.768. The molecule has 0 bridgehead atoms. The molecule has 3 aromatic rings. The molecule has 122 valence electrons. The average molecular weight is 328 g/mol. The molecule has 0 saturated heterocycles. The zero-order chi connectivity index (χ0) is 17.3. The van der Waals surface area contributed by atoms with Crippen molar-refractivity contribution in [2.24, 2.45) is 7.05 Å². The highest BCUT2D eigenvalue weighted by Gasteiger charge is 2.19.